The first kappa shape index (κ1) is 22.5. The number of fused-ring (bicyclic) bond motifs is 1. The number of nitriles is 1. The number of hydrogen-bond acceptors (Lipinski definition) is 6. The molecule has 0 aliphatic heterocycles. The number of hydrogen-bond donors (Lipinski definition) is 2. The molecule has 2 aromatic carbocycles. The Hall–Kier alpha value is -3.65. The number of benzene rings is 2. The van der Waals surface area contributed by atoms with E-state index in [9.17, 15) is 22.8 Å². The van der Waals surface area contributed by atoms with E-state index in [-0.39, 0.29) is 24.6 Å². The fourth-order valence-corrected chi connectivity index (χ4v) is 4.11. The molecule has 4 rings (SSSR count). The van der Waals surface area contributed by atoms with Crippen molar-refractivity contribution in [2.45, 2.75) is 31.2 Å². The van der Waals surface area contributed by atoms with Gasteiger partial charge in [-0.25, -0.2) is 4.98 Å². The molecule has 0 saturated heterocycles. The molecule has 1 aliphatic rings. The van der Waals surface area contributed by atoms with Crippen molar-refractivity contribution in [3.63, 3.8) is 0 Å². The van der Waals surface area contributed by atoms with E-state index < -0.39 is 17.8 Å². The standard InChI is InChI=1S/C22H17F3N4O3S/c23-22(24,25)32-15-4-1-13(2-5-15)14-3-6-17-16(9-14)28-20(33-17)10-18(30)27-11-19(31)29-21(12-26)7-8-21/h1-6,9H,7-8,10-11H2,(H,27,30)(H,29,31). The zero-order valence-electron chi connectivity index (χ0n) is 17.0. The molecule has 1 aliphatic carbocycles. The van der Waals surface area contributed by atoms with Crippen molar-refractivity contribution in [1.29, 1.82) is 5.26 Å². The first-order chi connectivity index (χ1) is 15.6. The SMILES string of the molecule is N#CC1(NC(=O)CNC(=O)Cc2nc3cc(-c4ccc(OC(F)(F)F)cc4)ccc3s2)CC1. The predicted molar refractivity (Wildman–Crippen MR) is 114 cm³/mol. The molecule has 170 valence electrons. The van der Waals surface area contributed by atoms with Gasteiger partial charge >= 0.3 is 6.36 Å². The highest BCUT2D eigenvalue weighted by Crippen LogP contribution is 2.34. The first-order valence-electron chi connectivity index (χ1n) is 9.89. The molecule has 0 atom stereocenters. The number of aromatic nitrogens is 1. The maximum atomic E-state index is 12.3. The molecule has 7 nitrogen and oxygen atoms in total. The third-order valence-corrected chi connectivity index (χ3v) is 5.99. The number of amides is 2. The van der Waals surface area contributed by atoms with Crippen LogP contribution in [-0.2, 0) is 16.0 Å². The van der Waals surface area contributed by atoms with Crippen LogP contribution < -0.4 is 15.4 Å². The fraction of sp³-hybridized carbons (Fsp3) is 0.273. The molecule has 0 radical (unpaired) electrons. The van der Waals surface area contributed by atoms with Gasteiger partial charge in [-0.05, 0) is 48.2 Å². The number of thiazole rings is 1. The third kappa shape index (κ3) is 5.78. The van der Waals surface area contributed by atoms with Crippen molar-refractivity contribution in [2.24, 2.45) is 0 Å². The minimum absolute atomic E-state index is 0.00513. The lowest BCUT2D eigenvalue weighted by Gasteiger charge is -2.09. The van der Waals surface area contributed by atoms with E-state index in [1.54, 1.807) is 6.07 Å². The monoisotopic (exact) mass is 474 g/mol. The summed E-state index contributed by atoms with van der Waals surface area (Å²) >= 11 is 1.34. The molecule has 1 aromatic heterocycles. The second-order valence-corrected chi connectivity index (χ2v) is 8.67. The molecule has 0 spiro atoms. The molecular formula is C22H17F3N4O3S. The highest BCUT2D eigenvalue weighted by molar-refractivity contribution is 7.18. The zero-order chi connectivity index (χ0) is 23.6. The summed E-state index contributed by atoms with van der Waals surface area (Å²) < 4.78 is 41.7. The molecule has 1 fully saturated rings. The van der Waals surface area contributed by atoms with Gasteiger partial charge in [0.15, 0.2) is 0 Å². The van der Waals surface area contributed by atoms with Crippen molar-refractivity contribution in [2.75, 3.05) is 6.54 Å². The van der Waals surface area contributed by atoms with Crippen LogP contribution in [0.25, 0.3) is 21.3 Å². The second-order valence-electron chi connectivity index (χ2n) is 7.56. The molecule has 0 unspecified atom stereocenters. The number of rotatable bonds is 7. The number of carbonyl (C=O) groups is 2. The van der Waals surface area contributed by atoms with E-state index in [2.05, 4.69) is 20.4 Å². The van der Waals surface area contributed by atoms with Gasteiger partial charge in [0.05, 0.1) is 29.3 Å². The average Bonchev–Trinajstić information content (AvgIpc) is 3.41. The lowest BCUT2D eigenvalue weighted by molar-refractivity contribution is -0.274. The summed E-state index contributed by atoms with van der Waals surface area (Å²) in [5.41, 5.74) is 1.32. The van der Waals surface area contributed by atoms with E-state index in [1.165, 1.54) is 35.6 Å². The molecule has 2 amide bonds. The van der Waals surface area contributed by atoms with Gasteiger partial charge in [0.1, 0.15) is 16.3 Å². The van der Waals surface area contributed by atoms with Gasteiger partial charge in [-0.1, -0.05) is 18.2 Å². The Labute approximate surface area is 190 Å². The lowest BCUT2D eigenvalue weighted by Crippen LogP contribution is -2.43. The van der Waals surface area contributed by atoms with Gasteiger partial charge in [0, 0.05) is 0 Å². The predicted octanol–water partition coefficient (Wildman–Crippen LogP) is 3.69. The Morgan fingerprint density at radius 1 is 1.12 bits per heavy atom. The van der Waals surface area contributed by atoms with Gasteiger partial charge in [0.25, 0.3) is 0 Å². The van der Waals surface area contributed by atoms with Gasteiger partial charge in [-0.2, -0.15) is 5.26 Å². The lowest BCUT2D eigenvalue weighted by atomic mass is 10.1. The molecule has 2 N–H and O–H groups in total. The van der Waals surface area contributed by atoms with Crippen LogP contribution in [0.2, 0.25) is 0 Å². The quantitative estimate of drug-likeness (QED) is 0.544. The summed E-state index contributed by atoms with van der Waals surface area (Å²) in [6.45, 7) is -0.217. The summed E-state index contributed by atoms with van der Waals surface area (Å²) in [5.74, 6) is -1.09. The van der Waals surface area contributed by atoms with Crippen LogP contribution in [0.1, 0.15) is 17.8 Å². The van der Waals surface area contributed by atoms with Crippen LogP contribution in [-0.4, -0.2) is 35.2 Å². The van der Waals surface area contributed by atoms with E-state index >= 15 is 0 Å². The van der Waals surface area contributed by atoms with Crippen LogP contribution in [0.3, 0.4) is 0 Å². The minimum Gasteiger partial charge on any atom is -0.406 e. The summed E-state index contributed by atoms with van der Waals surface area (Å²) in [6, 6.07) is 13.0. The topological polar surface area (TPSA) is 104 Å². The van der Waals surface area contributed by atoms with Crippen molar-refractivity contribution in [3.8, 4) is 22.9 Å². The molecule has 1 saturated carbocycles. The van der Waals surface area contributed by atoms with E-state index in [0.29, 0.717) is 28.9 Å². The zero-order valence-corrected chi connectivity index (χ0v) is 17.8. The maximum Gasteiger partial charge on any atom is 0.573 e. The van der Waals surface area contributed by atoms with Gasteiger partial charge in [-0.15, -0.1) is 24.5 Å². The van der Waals surface area contributed by atoms with Crippen LogP contribution >= 0.6 is 11.3 Å². The van der Waals surface area contributed by atoms with Crippen molar-refractivity contribution >= 4 is 33.4 Å². The number of ether oxygens (including phenoxy) is 1. The summed E-state index contributed by atoms with van der Waals surface area (Å²) in [7, 11) is 0. The summed E-state index contributed by atoms with van der Waals surface area (Å²) in [5, 5.41) is 14.7. The molecule has 0 bridgehead atoms. The molecular weight excluding hydrogens is 457 g/mol. The Bertz CT molecular complexity index is 1240. The largest absolute Gasteiger partial charge is 0.573 e. The second kappa shape index (κ2) is 8.71. The maximum absolute atomic E-state index is 12.3. The Balaban J connectivity index is 1.37. The summed E-state index contributed by atoms with van der Waals surface area (Å²) in [6.07, 6.45) is -3.52. The van der Waals surface area contributed by atoms with Crippen LogP contribution in [0.15, 0.2) is 42.5 Å². The third-order valence-electron chi connectivity index (χ3n) is 4.95. The van der Waals surface area contributed by atoms with E-state index in [4.69, 9.17) is 5.26 Å². The average molecular weight is 474 g/mol. The van der Waals surface area contributed by atoms with Gasteiger partial charge < -0.3 is 15.4 Å². The number of carbonyl (C=O) groups excluding carboxylic acids is 2. The number of nitrogens with zero attached hydrogens (tertiary/aromatic N) is 2. The highest BCUT2D eigenvalue weighted by Gasteiger charge is 2.44. The van der Waals surface area contributed by atoms with Crippen molar-refractivity contribution in [1.82, 2.24) is 15.6 Å². The first-order valence-corrected chi connectivity index (χ1v) is 10.7. The van der Waals surface area contributed by atoms with Crippen molar-refractivity contribution < 1.29 is 27.5 Å². The smallest absolute Gasteiger partial charge is 0.406 e. The van der Waals surface area contributed by atoms with Crippen LogP contribution in [0.5, 0.6) is 5.75 Å². The van der Waals surface area contributed by atoms with Crippen LogP contribution in [0, 0.1) is 11.3 Å². The van der Waals surface area contributed by atoms with E-state index in [1.807, 2.05) is 18.2 Å². The highest BCUT2D eigenvalue weighted by atomic mass is 32.1. The Morgan fingerprint density at radius 3 is 2.45 bits per heavy atom. The molecule has 1 heterocycles. The molecule has 11 heteroatoms. The fourth-order valence-electron chi connectivity index (χ4n) is 3.16. The minimum atomic E-state index is -4.75. The van der Waals surface area contributed by atoms with Crippen LogP contribution in [0.4, 0.5) is 13.2 Å². The number of nitrogens with one attached hydrogen (secondary N) is 2. The normalized spacial score (nSPS) is 14.4. The van der Waals surface area contributed by atoms with Gasteiger partial charge in [0.2, 0.25) is 11.8 Å². The molecule has 33 heavy (non-hydrogen) atoms. The summed E-state index contributed by atoms with van der Waals surface area (Å²) in [4.78, 5) is 28.5. The number of halogens is 3. The van der Waals surface area contributed by atoms with Crippen molar-refractivity contribution in [3.05, 3.63) is 47.5 Å². The van der Waals surface area contributed by atoms with E-state index in [0.717, 1.165) is 10.3 Å². The molecule has 3 aromatic rings. The number of alkyl halides is 3. The Morgan fingerprint density at radius 2 is 1.82 bits per heavy atom. The Kier molecular flexibility index (Phi) is 5.95. The van der Waals surface area contributed by atoms with Gasteiger partial charge in [-0.3, -0.25) is 9.59 Å².